The van der Waals surface area contributed by atoms with Crippen LogP contribution in [-0.2, 0) is 5.41 Å². The summed E-state index contributed by atoms with van der Waals surface area (Å²) in [5, 5.41) is 0. The largest absolute Gasteiger partial charge is 0.264 e. The molecule has 0 saturated heterocycles. The van der Waals surface area contributed by atoms with Crippen LogP contribution in [0.5, 0.6) is 0 Å². The van der Waals surface area contributed by atoms with Gasteiger partial charge in [-0.25, -0.2) is 0 Å². The molecule has 3 heterocycles. The molecule has 0 radical (unpaired) electrons. The van der Waals surface area contributed by atoms with E-state index in [9.17, 15) is 0 Å². The fraction of sp³-hybridized carbons (Fsp3) is 0.0476. The summed E-state index contributed by atoms with van der Waals surface area (Å²) in [6.45, 7) is 0. The second kappa shape index (κ2) is 6.61. The van der Waals surface area contributed by atoms with Crippen LogP contribution >= 0.6 is 0 Å². The molecule has 0 aliphatic rings. The van der Waals surface area contributed by atoms with Crippen LogP contribution in [0.2, 0.25) is 0 Å². The molecule has 1 aromatic carbocycles. The molecule has 25 heavy (non-hydrogen) atoms. The van der Waals surface area contributed by atoms with E-state index in [2.05, 4.69) is 38.1 Å². The lowest BCUT2D eigenvalue weighted by atomic mass is 9.70. The van der Waals surface area contributed by atoms with Gasteiger partial charge in [0.15, 0.2) is 0 Å². The number of rotatable bonds is 4. The quantitative estimate of drug-likeness (QED) is 0.575. The van der Waals surface area contributed by atoms with Crippen LogP contribution in [0.3, 0.4) is 0 Å². The molecule has 0 spiro atoms. The minimum absolute atomic E-state index is 0.676. The van der Waals surface area contributed by atoms with E-state index in [-0.39, 0.29) is 0 Å². The molecule has 1 unspecified atom stereocenters. The number of pyridine rings is 2. The second-order valence-electron chi connectivity index (χ2n) is 5.66. The van der Waals surface area contributed by atoms with Crippen molar-refractivity contribution in [2.45, 2.75) is 5.41 Å². The van der Waals surface area contributed by atoms with Crippen molar-refractivity contribution in [2.75, 3.05) is 0 Å². The van der Waals surface area contributed by atoms with Crippen LogP contribution in [0, 0.1) is 0 Å². The Bertz CT molecular complexity index is 763. The molecule has 0 fully saturated rings. The highest BCUT2D eigenvalue weighted by Gasteiger charge is 2.41. The molecule has 4 aromatic rings. The van der Waals surface area contributed by atoms with Crippen LogP contribution in [0.25, 0.3) is 0 Å². The number of hydrogen-bond donors (Lipinski definition) is 0. The summed E-state index contributed by atoms with van der Waals surface area (Å²) < 4.78 is 0. The van der Waals surface area contributed by atoms with Crippen molar-refractivity contribution in [3.05, 3.63) is 120 Å². The molecule has 0 amide bonds. The number of aromatic nitrogens is 4. The number of benzene rings is 1. The van der Waals surface area contributed by atoms with Gasteiger partial charge in [0, 0.05) is 31.0 Å². The molecule has 0 aliphatic heterocycles. The van der Waals surface area contributed by atoms with Crippen molar-refractivity contribution < 1.29 is 0 Å². The smallest absolute Gasteiger partial charge is 0.107 e. The fourth-order valence-corrected chi connectivity index (χ4v) is 3.24. The maximum atomic E-state index is 4.68. The average Bonchev–Trinajstić information content (AvgIpc) is 2.72. The maximum absolute atomic E-state index is 4.68. The number of nitrogens with zero attached hydrogens (tertiary/aromatic N) is 4. The topological polar surface area (TPSA) is 51.6 Å². The van der Waals surface area contributed by atoms with E-state index in [0.29, 0.717) is 0 Å². The lowest BCUT2D eigenvalue weighted by Crippen LogP contribution is -2.33. The van der Waals surface area contributed by atoms with Gasteiger partial charge in [-0.2, -0.15) is 0 Å². The average molecular weight is 324 g/mol. The summed E-state index contributed by atoms with van der Waals surface area (Å²) in [5.41, 5.74) is 3.09. The van der Waals surface area contributed by atoms with Crippen LogP contribution in [0.4, 0.5) is 0 Å². The molecular weight excluding hydrogens is 308 g/mol. The van der Waals surface area contributed by atoms with E-state index in [4.69, 9.17) is 0 Å². The molecular formula is C21H16N4. The summed E-state index contributed by atoms with van der Waals surface area (Å²) in [7, 11) is 0. The van der Waals surface area contributed by atoms with Crippen LogP contribution in [0.15, 0.2) is 97.8 Å². The first-order valence-electron chi connectivity index (χ1n) is 8.06. The van der Waals surface area contributed by atoms with Gasteiger partial charge in [-0.15, -0.1) is 0 Å². The van der Waals surface area contributed by atoms with Gasteiger partial charge in [0.1, 0.15) is 5.41 Å². The van der Waals surface area contributed by atoms with Gasteiger partial charge >= 0.3 is 0 Å². The van der Waals surface area contributed by atoms with E-state index in [0.717, 1.165) is 22.5 Å². The lowest BCUT2D eigenvalue weighted by Gasteiger charge is -2.33. The van der Waals surface area contributed by atoms with Crippen LogP contribution in [-0.4, -0.2) is 19.9 Å². The molecule has 120 valence electrons. The molecule has 0 N–H and O–H groups in total. The third-order valence-electron chi connectivity index (χ3n) is 4.30. The Morgan fingerprint density at radius 2 is 1.28 bits per heavy atom. The Balaban J connectivity index is 2.13. The van der Waals surface area contributed by atoms with Crippen molar-refractivity contribution >= 4 is 0 Å². The van der Waals surface area contributed by atoms with Gasteiger partial charge < -0.3 is 0 Å². The summed E-state index contributed by atoms with van der Waals surface area (Å²) in [5.74, 6) is 0. The van der Waals surface area contributed by atoms with Gasteiger partial charge in [-0.05, 0) is 29.3 Å². The Hall–Kier alpha value is -3.40. The molecule has 0 aliphatic carbocycles. The highest BCUT2D eigenvalue weighted by molar-refractivity contribution is 5.54. The Morgan fingerprint density at radius 3 is 1.96 bits per heavy atom. The molecule has 0 bridgehead atoms. The van der Waals surface area contributed by atoms with E-state index in [1.165, 1.54) is 0 Å². The Morgan fingerprint density at radius 1 is 0.520 bits per heavy atom. The van der Waals surface area contributed by atoms with Crippen molar-refractivity contribution in [1.29, 1.82) is 0 Å². The first-order chi connectivity index (χ1) is 12.4. The summed E-state index contributed by atoms with van der Waals surface area (Å²) in [6.07, 6.45) is 10.6. The normalized spacial score (nSPS) is 13.1. The van der Waals surface area contributed by atoms with E-state index < -0.39 is 5.41 Å². The van der Waals surface area contributed by atoms with Gasteiger partial charge in [0.25, 0.3) is 0 Å². The second-order valence-corrected chi connectivity index (χ2v) is 5.66. The van der Waals surface area contributed by atoms with E-state index in [1.807, 2.05) is 48.7 Å². The zero-order valence-electron chi connectivity index (χ0n) is 13.5. The van der Waals surface area contributed by atoms with Crippen molar-refractivity contribution in [2.24, 2.45) is 0 Å². The standard InChI is InChI=1S/C21H16N4/c1-2-7-17(8-3-1)21(18-9-6-11-22-15-18,19-10-4-5-12-24-19)20-16-23-13-14-25-20/h1-16H. The predicted octanol–water partition coefficient (Wildman–Crippen LogP) is 3.65. The van der Waals surface area contributed by atoms with E-state index in [1.54, 1.807) is 31.0 Å². The molecule has 4 nitrogen and oxygen atoms in total. The third kappa shape index (κ3) is 2.58. The highest BCUT2D eigenvalue weighted by atomic mass is 14.8. The van der Waals surface area contributed by atoms with Gasteiger partial charge in [0.2, 0.25) is 0 Å². The van der Waals surface area contributed by atoms with Gasteiger partial charge in [-0.3, -0.25) is 19.9 Å². The van der Waals surface area contributed by atoms with Crippen molar-refractivity contribution in [1.82, 2.24) is 19.9 Å². The number of hydrogen-bond acceptors (Lipinski definition) is 4. The maximum Gasteiger partial charge on any atom is 0.107 e. The third-order valence-corrected chi connectivity index (χ3v) is 4.30. The summed E-state index contributed by atoms with van der Waals surface area (Å²) >= 11 is 0. The van der Waals surface area contributed by atoms with Crippen LogP contribution in [0.1, 0.15) is 22.5 Å². The fourth-order valence-electron chi connectivity index (χ4n) is 3.24. The molecule has 4 rings (SSSR count). The summed E-state index contributed by atoms with van der Waals surface area (Å²) in [4.78, 5) is 18.0. The zero-order chi connectivity index (χ0) is 17.0. The molecule has 3 aromatic heterocycles. The lowest BCUT2D eigenvalue weighted by molar-refractivity contribution is 0.678. The molecule has 1 atom stereocenters. The highest BCUT2D eigenvalue weighted by Crippen LogP contribution is 2.42. The SMILES string of the molecule is c1ccc(C(c2cccnc2)(c2ccccn2)c2cnccn2)cc1. The molecule has 4 heteroatoms. The zero-order valence-corrected chi connectivity index (χ0v) is 13.5. The van der Waals surface area contributed by atoms with E-state index >= 15 is 0 Å². The minimum atomic E-state index is -0.676. The molecule has 0 saturated carbocycles. The van der Waals surface area contributed by atoms with Crippen molar-refractivity contribution in [3.8, 4) is 0 Å². The van der Waals surface area contributed by atoms with Crippen molar-refractivity contribution in [3.63, 3.8) is 0 Å². The van der Waals surface area contributed by atoms with Gasteiger partial charge in [-0.1, -0.05) is 42.5 Å². The summed E-state index contributed by atoms with van der Waals surface area (Å²) in [6, 6.07) is 20.2. The Kier molecular flexibility index (Phi) is 4.01. The van der Waals surface area contributed by atoms with Gasteiger partial charge in [0.05, 0.1) is 17.6 Å². The minimum Gasteiger partial charge on any atom is -0.264 e. The first-order valence-corrected chi connectivity index (χ1v) is 8.06. The first kappa shape index (κ1) is 15.1. The monoisotopic (exact) mass is 324 g/mol. The predicted molar refractivity (Wildman–Crippen MR) is 95.9 cm³/mol. The Labute approximate surface area is 146 Å². The van der Waals surface area contributed by atoms with Crippen LogP contribution < -0.4 is 0 Å².